The number of hydrogen-bond donors (Lipinski definition) is 0. The molecule has 0 radical (unpaired) electrons. The van der Waals surface area contributed by atoms with Crippen molar-refractivity contribution in [3.8, 4) is 0 Å². The first-order valence-electron chi connectivity index (χ1n) is 21.1. The summed E-state index contributed by atoms with van der Waals surface area (Å²) < 4.78 is 32.2. The summed E-state index contributed by atoms with van der Waals surface area (Å²) in [6.07, 6.45) is 16.4. The van der Waals surface area contributed by atoms with E-state index in [-0.39, 0.29) is 56.2 Å². The molecule has 2 saturated carbocycles. The molecule has 14 nitrogen and oxygen atoms in total. The number of fused-ring (bicyclic) bond motifs is 4. The first kappa shape index (κ1) is 39.3. The van der Waals surface area contributed by atoms with Crippen molar-refractivity contribution in [2.75, 3.05) is 9.80 Å². The second-order valence-corrected chi connectivity index (χ2v) is 18.2. The van der Waals surface area contributed by atoms with Crippen LogP contribution in [0.4, 0.5) is 11.6 Å². The van der Waals surface area contributed by atoms with Crippen LogP contribution in [-0.4, -0.2) is 61.1 Å². The molecule has 312 valence electrons. The van der Waals surface area contributed by atoms with E-state index in [1.54, 1.807) is 77.6 Å². The predicted molar refractivity (Wildman–Crippen MR) is 231 cm³/mol. The fraction of sp³-hybridized carbons (Fsp3) is 0.277. The number of aromatic nitrogens is 6. The number of imide groups is 2. The third kappa shape index (κ3) is 6.32. The van der Waals surface area contributed by atoms with Crippen LogP contribution in [-0.2, 0) is 9.84 Å². The lowest BCUT2D eigenvalue weighted by molar-refractivity contribution is 0.0907. The van der Waals surface area contributed by atoms with Gasteiger partial charge in [-0.1, -0.05) is 80.5 Å². The molecule has 11 rings (SSSR count). The van der Waals surface area contributed by atoms with Crippen molar-refractivity contribution >= 4 is 67.4 Å². The largest absolute Gasteiger partial charge is 0.307 e. The van der Waals surface area contributed by atoms with Gasteiger partial charge in [0.25, 0.3) is 23.6 Å². The van der Waals surface area contributed by atoms with Crippen molar-refractivity contribution < 1.29 is 27.6 Å². The molecule has 15 heteroatoms. The van der Waals surface area contributed by atoms with Crippen LogP contribution in [0.1, 0.15) is 123 Å². The van der Waals surface area contributed by atoms with Crippen molar-refractivity contribution in [2.24, 2.45) is 0 Å². The zero-order valence-corrected chi connectivity index (χ0v) is 34.8. The maximum absolute atomic E-state index is 14.2. The molecule has 4 aromatic heterocycles. The fourth-order valence-electron chi connectivity index (χ4n) is 9.54. The van der Waals surface area contributed by atoms with Gasteiger partial charge in [-0.25, -0.2) is 33.2 Å². The number of carbonyl (C=O) groups excluding carboxylic acids is 4. The Kier molecular flexibility index (Phi) is 9.85. The number of hydrogen-bond acceptors (Lipinski definition) is 10. The van der Waals surface area contributed by atoms with Crippen LogP contribution in [0.3, 0.4) is 0 Å². The SMILES string of the molecule is Cc1ccc(S(=O)(=O)c2c(N3C(=O)c4ccccc4C3=O)n(C3CCCCC3)c3nccnc23)cc1.O=C1c2ccccc2C(=O)N1c1cc2nccnc2n1C1CCCCC1. The second kappa shape index (κ2) is 15.5. The minimum Gasteiger partial charge on any atom is -0.307 e. The Labute approximate surface area is 357 Å². The van der Waals surface area contributed by atoms with E-state index in [1.165, 1.54) is 35.8 Å². The third-order valence-electron chi connectivity index (χ3n) is 12.5. The van der Waals surface area contributed by atoms with Crippen LogP contribution in [0.2, 0.25) is 0 Å². The van der Waals surface area contributed by atoms with Gasteiger partial charge in [-0.2, -0.15) is 0 Å². The molecule has 7 aromatic rings. The number of aryl methyl sites for hydroxylation is 1. The van der Waals surface area contributed by atoms with Gasteiger partial charge in [0, 0.05) is 42.9 Å². The number of benzene rings is 3. The lowest BCUT2D eigenvalue weighted by Gasteiger charge is -2.28. The zero-order chi connectivity index (χ0) is 42.7. The van der Waals surface area contributed by atoms with Crippen LogP contribution in [0.5, 0.6) is 0 Å². The Bertz CT molecular complexity index is 3000. The minimum absolute atomic E-state index is 0.0369. The summed E-state index contributed by atoms with van der Waals surface area (Å²) >= 11 is 0. The molecule has 2 aliphatic heterocycles. The number of carbonyl (C=O) groups is 4. The summed E-state index contributed by atoms with van der Waals surface area (Å²) in [5.74, 6) is -1.01. The van der Waals surface area contributed by atoms with E-state index >= 15 is 0 Å². The summed E-state index contributed by atoms with van der Waals surface area (Å²) in [6.45, 7) is 1.88. The van der Waals surface area contributed by atoms with Crippen LogP contribution >= 0.6 is 0 Å². The highest BCUT2D eigenvalue weighted by atomic mass is 32.2. The highest BCUT2D eigenvalue weighted by molar-refractivity contribution is 7.92. The van der Waals surface area contributed by atoms with Gasteiger partial charge in [0.2, 0.25) is 9.84 Å². The first-order chi connectivity index (χ1) is 30.1. The fourth-order valence-corrected chi connectivity index (χ4v) is 11.1. The van der Waals surface area contributed by atoms with E-state index in [0.29, 0.717) is 28.1 Å². The van der Waals surface area contributed by atoms with Gasteiger partial charge in [-0.05, 0) is 69.0 Å². The number of sulfone groups is 1. The maximum atomic E-state index is 14.2. The molecule has 0 atom stereocenters. The van der Waals surface area contributed by atoms with E-state index in [4.69, 9.17) is 0 Å². The van der Waals surface area contributed by atoms with E-state index in [2.05, 4.69) is 24.5 Å². The third-order valence-corrected chi connectivity index (χ3v) is 14.3. The number of nitrogens with zero attached hydrogens (tertiary/aromatic N) is 8. The molecule has 0 saturated heterocycles. The monoisotopic (exact) mass is 846 g/mol. The van der Waals surface area contributed by atoms with Crippen LogP contribution in [0.15, 0.2) is 113 Å². The summed E-state index contributed by atoms with van der Waals surface area (Å²) in [5.41, 5.74) is 4.31. The highest BCUT2D eigenvalue weighted by Crippen LogP contribution is 2.45. The molecule has 4 aliphatic rings. The smallest absolute Gasteiger partial charge is 0.267 e. The number of amides is 4. The van der Waals surface area contributed by atoms with E-state index in [0.717, 1.165) is 73.9 Å². The van der Waals surface area contributed by atoms with Gasteiger partial charge < -0.3 is 9.13 Å². The molecule has 3 aromatic carbocycles. The molecule has 0 spiro atoms. The molecule has 4 amide bonds. The average molecular weight is 847 g/mol. The van der Waals surface area contributed by atoms with Gasteiger partial charge in [-0.3, -0.25) is 24.2 Å². The Morgan fingerprint density at radius 2 is 1.00 bits per heavy atom. The lowest BCUT2D eigenvalue weighted by atomic mass is 9.95. The van der Waals surface area contributed by atoms with Gasteiger partial charge in [-0.15, -0.1) is 0 Å². The Morgan fingerprint density at radius 3 is 1.55 bits per heavy atom. The molecule has 62 heavy (non-hydrogen) atoms. The van der Waals surface area contributed by atoms with Gasteiger partial charge >= 0.3 is 0 Å². The van der Waals surface area contributed by atoms with Gasteiger partial charge in [0.1, 0.15) is 27.6 Å². The Morgan fingerprint density at radius 1 is 0.532 bits per heavy atom. The normalized spacial score (nSPS) is 17.2. The average Bonchev–Trinajstić information content (AvgIpc) is 4.00. The molecule has 2 fully saturated rings. The molecular weight excluding hydrogens is 805 g/mol. The number of rotatable bonds is 6. The van der Waals surface area contributed by atoms with E-state index in [9.17, 15) is 27.6 Å². The quantitative estimate of drug-likeness (QED) is 0.148. The van der Waals surface area contributed by atoms with Crippen molar-refractivity contribution in [3.05, 3.63) is 131 Å². The molecule has 0 unspecified atom stereocenters. The summed E-state index contributed by atoms with van der Waals surface area (Å²) in [4.78, 5) is 73.3. The highest BCUT2D eigenvalue weighted by Gasteiger charge is 2.45. The van der Waals surface area contributed by atoms with E-state index < -0.39 is 21.7 Å². The van der Waals surface area contributed by atoms with Crippen LogP contribution in [0, 0.1) is 6.92 Å². The van der Waals surface area contributed by atoms with Crippen molar-refractivity contribution in [1.82, 2.24) is 29.1 Å². The molecule has 2 aliphatic carbocycles. The topological polar surface area (TPSA) is 170 Å². The molecular formula is C47H42N8O6S. The van der Waals surface area contributed by atoms with Crippen LogP contribution < -0.4 is 9.80 Å². The summed E-state index contributed by atoms with van der Waals surface area (Å²) in [6, 6.07) is 22.0. The van der Waals surface area contributed by atoms with E-state index in [1.807, 2.05) is 13.0 Å². The standard InChI is InChI=1S/C27H24N4O4S.C20H18N4O2/c1-17-11-13-19(14-12-17)36(34,35)23-22-24(29-16-15-28-22)30(18-7-3-2-4-8-18)25(23)31-26(32)20-9-5-6-10-21(20)27(31)33;25-19-14-8-4-5-9-15(14)20(26)24(19)17-12-16-18(22-11-10-21-16)23(17)13-6-2-1-3-7-13/h5-6,9-16,18H,2-4,7-8H2,1H3;4-5,8-13H,1-3,6-7H2. The maximum Gasteiger partial charge on any atom is 0.267 e. The number of anilines is 2. The molecule has 0 bridgehead atoms. The lowest BCUT2D eigenvalue weighted by Crippen LogP contribution is -2.33. The van der Waals surface area contributed by atoms with Crippen molar-refractivity contribution in [3.63, 3.8) is 0 Å². The summed E-state index contributed by atoms with van der Waals surface area (Å²) in [5, 5.41) is 0. The Balaban J connectivity index is 0.000000156. The Hall–Kier alpha value is -6.87. The van der Waals surface area contributed by atoms with Gasteiger partial charge in [0.15, 0.2) is 11.3 Å². The first-order valence-corrected chi connectivity index (χ1v) is 22.6. The minimum atomic E-state index is -4.17. The van der Waals surface area contributed by atoms with Gasteiger partial charge in [0.05, 0.1) is 27.1 Å². The zero-order valence-electron chi connectivity index (χ0n) is 34.0. The van der Waals surface area contributed by atoms with Crippen molar-refractivity contribution in [1.29, 1.82) is 0 Å². The predicted octanol–water partition coefficient (Wildman–Crippen LogP) is 8.62. The summed E-state index contributed by atoms with van der Waals surface area (Å²) in [7, 11) is -4.17. The van der Waals surface area contributed by atoms with Crippen molar-refractivity contribution in [2.45, 2.75) is 93.0 Å². The second-order valence-electron chi connectivity index (χ2n) is 16.3. The molecule has 0 N–H and O–H groups in total. The molecule has 6 heterocycles. The van der Waals surface area contributed by atoms with Crippen LogP contribution in [0.25, 0.3) is 22.3 Å².